The fraction of sp³-hybridized carbons (Fsp3) is 0.417. The molecule has 1 aromatic carbocycles. The van der Waals surface area contributed by atoms with E-state index in [1.807, 2.05) is 36.2 Å². The number of Topliss-reactive ketones (excluding diaryl/α,β-unsaturated/α-hetero) is 1. The minimum Gasteiger partial charge on any atom is -0.497 e. The maximum absolute atomic E-state index is 11.3. The molecule has 0 unspecified atom stereocenters. The van der Waals surface area contributed by atoms with Crippen molar-refractivity contribution in [1.29, 1.82) is 0 Å². The van der Waals surface area contributed by atoms with Gasteiger partial charge in [-0.05, 0) is 30.7 Å². The molecule has 1 aliphatic carbocycles. The van der Waals surface area contributed by atoms with Crippen LogP contribution < -0.4 is 9.64 Å². The number of anilines is 1. The maximum Gasteiger partial charge on any atom is 0.155 e. The number of carbonyl (C=O) groups excluding carboxylic acids is 1. The van der Waals surface area contributed by atoms with Crippen LogP contribution in [-0.2, 0) is 4.79 Å². The van der Waals surface area contributed by atoms with Crippen molar-refractivity contribution in [3.8, 4) is 5.75 Å². The van der Waals surface area contributed by atoms with Gasteiger partial charge in [0.1, 0.15) is 5.75 Å². The smallest absolute Gasteiger partial charge is 0.155 e. The molecule has 0 aliphatic heterocycles. The zero-order valence-corrected chi connectivity index (χ0v) is 9.06. The molecular formula is C12H15NO2. The quantitative estimate of drug-likeness (QED) is 0.754. The van der Waals surface area contributed by atoms with Crippen LogP contribution in [0.5, 0.6) is 5.75 Å². The molecule has 3 heteroatoms. The monoisotopic (exact) mass is 205 g/mol. The van der Waals surface area contributed by atoms with Crippen LogP contribution in [-0.4, -0.2) is 26.0 Å². The summed E-state index contributed by atoms with van der Waals surface area (Å²) < 4.78 is 5.09. The predicted octanol–water partition coefficient (Wildman–Crippen LogP) is 1.86. The number of hydrogen-bond donors (Lipinski definition) is 0. The average molecular weight is 205 g/mol. The Morgan fingerprint density at radius 3 is 2.40 bits per heavy atom. The molecule has 0 radical (unpaired) electrons. The lowest BCUT2D eigenvalue weighted by atomic mass is 9.90. The van der Waals surface area contributed by atoms with E-state index < -0.39 is 0 Å². The number of nitrogens with zero attached hydrogens (tertiary/aromatic N) is 1. The van der Waals surface area contributed by atoms with E-state index in [9.17, 15) is 4.79 Å². The highest BCUT2D eigenvalue weighted by molar-refractivity contribution is 5.92. The fourth-order valence-electron chi connectivity index (χ4n) is 1.80. The van der Waals surface area contributed by atoms with Crippen LogP contribution in [0.25, 0.3) is 0 Å². The molecule has 15 heavy (non-hydrogen) atoms. The van der Waals surface area contributed by atoms with Crippen LogP contribution in [0.1, 0.15) is 12.8 Å². The van der Waals surface area contributed by atoms with E-state index in [1.165, 1.54) is 0 Å². The van der Waals surface area contributed by atoms with E-state index in [0.29, 0.717) is 5.78 Å². The summed E-state index contributed by atoms with van der Waals surface area (Å²) >= 11 is 0. The van der Waals surface area contributed by atoms with Gasteiger partial charge in [0.15, 0.2) is 5.78 Å². The standard InChI is InChI=1S/C12H15NO2/c1-13(11-7-8-12(11)14)9-3-5-10(15-2)6-4-9/h3-6,11H,7-8H2,1-2H3/t11-/m1/s1. The van der Waals surface area contributed by atoms with Crippen LogP contribution in [0.4, 0.5) is 5.69 Å². The van der Waals surface area contributed by atoms with Gasteiger partial charge in [-0.3, -0.25) is 4.79 Å². The number of ketones is 1. The van der Waals surface area contributed by atoms with Gasteiger partial charge in [-0.25, -0.2) is 0 Å². The molecule has 1 atom stereocenters. The van der Waals surface area contributed by atoms with Gasteiger partial charge in [-0.1, -0.05) is 0 Å². The van der Waals surface area contributed by atoms with Gasteiger partial charge < -0.3 is 9.64 Å². The molecule has 1 aromatic rings. The zero-order chi connectivity index (χ0) is 10.8. The van der Waals surface area contributed by atoms with Crippen molar-refractivity contribution in [2.75, 3.05) is 19.1 Å². The zero-order valence-electron chi connectivity index (χ0n) is 9.06. The molecule has 80 valence electrons. The van der Waals surface area contributed by atoms with Crippen molar-refractivity contribution in [2.24, 2.45) is 0 Å². The lowest BCUT2D eigenvalue weighted by molar-refractivity contribution is -0.125. The summed E-state index contributed by atoms with van der Waals surface area (Å²) in [5.74, 6) is 1.18. The molecule has 1 saturated carbocycles. The summed E-state index contributed by atoms with van der Waals surface area (Å²) in [6, 6.07) is 7.86. The van der Waals surface area contributed by atoms with Crippen LogP contribution in [0, 0.1) is 0 Å². The van der Waals surface area contributed by atoms with E-state index in [0.717, 1.165) is 24.3 Å². The van der Waals surface area contributed by atoms with Gasteiger partial charge in [-0.2, -0.15) is 0 Å². The van der Waals surface area contributed by atoms with Gasteiger partial charge in [-0.15, -0.1) is 0 Å². The Labute approximate surface area is 89.7 Å². The Bertz CT molecular complexity index is 358. The first-order valence-corrected chi connectivity index (χ1v) is 5.12. The molecule has 0 amide bonds. The minimum atomic E-state index is 0.0818. The van der Waals surface area contributed by atoms with Crippen molar-refractivity contribution in [2.45, 2.75) is 18.9 Å². The maximum atomic E-state index is 11.3. The molecular weight excluding hydrogens is 190 g/mol. The lowest BCUT2D eigenvalue weighted by Crippen LogP contribution is -2.45. The van der Waals surface area contributed by atoms with Gasteiger partial charge in [0, 0.05) is 19.2 Å². The highest BCUT2D eigenvalue weighted by Gasteiger charge is 2.31. The van der Waals surface area contributed by atoms with Gasteiger partial charge >= 0.3 is 0 Å². The number of rotatable bonds is 3. The van der Waals surface area contributed by atoms with Crippen LogP contribution in [0.2, 0.25) is 0 Å². The highest BCUT2D eigenvalue weighted by Crippen LogP contribution is 2.26. The Balaban J connectivity index is 2.11. The molecule has 0 saturated heterocycles. The summed E-state index contributed by atoms with van der Waals surface area (Å²) in [6.45, 7) is 0. The van der Waals surface area contributed by atoms with Gasteiger partial charge in [0.2, 0.25) is 0 Å². The van der Waals surface area contributed by atoms with Gasteiger partial charge in [0.05, 0.1) is 13.2 Å². The van der Waals surface area contributed by atoms with E-state index in [1.54, 1.807) is 7.11 Å². The second-order valence-electron chi connectivity index (χ2n) is 3.83. The molecule has 2 rings (SSSR count). The van der Waals surface area contributed by atoms with Crippen molar-refractivity contribution in [3.63, 3.8) is 0 Å². The van der Waals surface area contributed by atoms with E-state index in [-0.39, 0.29) is 6.04 Å². The number of hydrogen-bond acceptors (Lipinski definition) is 3. The molecule has 0 N–H and O–H groups in total. The van der Waals surface area contributed by atoms with E-state index in [2.05, 4.69) is 0 Å². The van der Waals surface area contributed by atoms with Crippen LogP contribution in [0.15, 0.2) is 24.3 Å². The molecule has 1 fully saturated rings. The molecule has 0 aromatic heterocycles. The van der Waals surface area contributed by atoms with Crippen molar-refractivity contribution >= 4 is 11.5 Å². The minimum absolute atomic E-state index is 0.0818. The molecule has 0 heterocycles. The van der Waals surface area contributed by atoms with E-state index in [4.69, 9.17) is 4.74 Å². The summed E-state index contributed by atoms with van der Waals surface area (Å²) in [7, 11) is 3.61. The summed E-state index contributed by atoms with van der Waals surface area (Å²) in [5, 5.41) is 0. The second-order valence-corrected chi connectivity index (χ2v) is 3.83. The summed E-state index contributed by atoms with van der Waals surface area (Å²) in [5.41, 5.74) is 1.06. The number of likely N-dealkylation sites (N-methyl/N-ethyl adjacent to an activating group) is 1. The second kappa shape index (κ2) is 3.93. The third kappa shape index (κ3) is 1.82. The van der Waals surface area contributed by atoms with Crippen molar-refractivity contribution < 1.29 is 9.53 Å². The Morgan fingerprint density at radius 1 is 1.33 bits per heavy atom. The number of carbonyl (C=O) groups is 1. The number of benzene rings is 1. The third-order valence-corrected chi connectivity index (χ3v) is 2.98. The Morgan fingerprint density at radius 2 is 2.00 bits per heavy atom. The Hall–Kier alpha value is -1.51. The van der Waals surface area contributed by atoms with Crippen LogP contribution >= 0.6 is 0 Å². The Kier molecular flexibility index (Phi) is 2.62. The van der Waals surface area contributed by atoms with Crippen molar-refractivity contribution in [1.82, 2.24) is 0 Å². The largest absolute Gasteiger partial charge is 0.497 e. The first-order valence-electron chi connectivity index (χ1n) is 5.12. The van der Waals surface area contributed by atoms with Gasteiger partial charge in [0.25, 0.3) is 0 Å². The highest BCUT2D eigenvalue weighted by atomic mass is 16.5. The van der Waals surface area contributed by atoms with E-state index >= 15 is 0 Å². The third-order valence-electron chi connectivity index (χ3n) is 2.98. The number of ether oxygens (including phenoxy) is 1. The number of methoxy groups -OCH3 is 1. The first kappa shape index (κ1) is 10.0. The van der Waals surface area contributed by atoms with Crippen molar-refractivity contribution in [3.05, 3.63) is 24.3 Å². The SMILES string of the molecule is COc1ccc(N(C)[C@@H]2CCC2=O)cc1. The fourth-order valence-corrected chi connectivity index (χ4v) is 1.80. The topological polar surface area (TPSA) is 29.5 Å². The normalized spacial score (nSPS) is 19.6. The molecule has 0 bridgehead atoms. The predicted molar refractivity (Wildman–Crippen MR) is 59.4 cm³/mol. The molecule has 3 nitrogen and oxygen atoms in total. The average Bonchev–Trinajstić information content (AvgIpc) is 2.27. The van der Waals surface area contributed by atoms with Crippen LogP contribution in [0.3, 0.4) is 0 Å². The molecule has 1 aliphatic rings. The summed E-state index contributed by atoms with van der Waals surface area (Å²) in [4.78, 5) is 13.3. The first-order chi connectivity index (χ1) is 7.22. The lowest BCUT2D eigenvalue weighted by Gasteiger charge is -2.34. The molecule has 0 spiro atoms. The summed E-state index contributed by atoms with van der Waals surface area (Å²) in [6.07, 6.45) is 1.70.